The molecule has 9 nitrogen and oxygen atoms in total. The maximum Gasteiger partial charge on any atom is 0.256 e. The summed E-state index contributed by atoms with van der Waals surface area (Å²) in [6.45, 7) is 5.42. The molecule has 3 N–H and O–H groups in total. The van der Waals surface area contributed by atoms with Crippen LogP contribution >= 0.6 is 11.8 Å². The van der Waals surface area contributed by atoms with Crippen molar-refractivity contribution in [2.24, 2.45) is 5.14 Å². The number of nitrogens with zero attached hydrogens (tertiary/aromatic N) is 4. The molecule has 0 aliphatic rings. The van der Waals surface area contributed by atoms with E-state index in [-0.39, 0.29) is 16.6 Å². The van der Waals surface area contributed by atoms with Crippen molar-refractivity contribution < 1.29 is 13.2 Å². The van der Waals surface area contributed by atoms with Crippen LogP contribution in [0.1, 0.15) is 17.0 Å². The molecular formula is C16H18N6O3S2. The highest BCUT2D eigenvalue weighted by atomic mass is 32.2. The predicted octanol–water partition coefficient (Wildman–Crippen LogP) is 1.43. The molecule has 0 radical (unpaired) electrons. The minimum atomic E-state index is -3.86. The summed E-state index contributed by atoms with van der Waals surface area (Å²) < 4.78 is 25.0. The van der Waals surface area contributed by atoms with Gasteiger partial charge in [0, 0.05) is 17.1 Å². The molecule has 0 aliphatic carbocycles. The molecule has 0 spiro atoms. The van der Waals surface area contributed by atoms with E-state index < -0.39 is 10.0 Å². The second-order valence-corrected chi connectivity index (χ2v) is 8.49. The number of anilines is 1. The molecule has 0 unspecified atom stereocenters. The average molecular weight is 406 g/mol. The van der Waals surface area contributed by atoms with E-state index in [0.717, 1.165) is 11.4 Å². The van der Waals surface area contributed by atoms with Crippen LogP contribution < -0.4 is 10.5 Å². The van der Waals surface area contributed by atoms with Crippen LogP contribution in [0, 0.1) is 20.8 Å². The number of aryl methyl sites for hydroxylation is 3. The quantitative estimate of drug-likeness (QED) is 0.612. The summed E-state index contributed by atoms with van der Waals surface area (Å²) in [5.74, 6) is 0.248. The smallest absolute Gasteiger partial charge is 0.256 e. The lowest BCUT2D eigenvalue weighted by Gasteiger charge is -2.09. The zero-order chi connectivity index (χ0) is 19.8. The van der Waals surface area contributed by atoms with Gasteiger partial charge >= 0.3 is 0 Å². The SMILES string of the molecule is Cc1cc(C)n2c(SCC(=O)Nc3ccc(C)c(S(N)(=O)=O)c3)nnc2n1. The summed E-state index contributed by atoms with van der Waals surface area (Å²) in [7, 11) is -3.86. The van der Waals surface area contributed by atoms with Gasteiger partial charge in [-0.25, -0.2) is 18.5 Å². The average Bonchev–Trinajstić information content (AvgIpc) is 2.97. The van der Waals surface area contributed by atoms with Crippen LogP contribution in [-0.2, 0) is 14.8 Å². The molecule has 1 aromatic carbocycles. The zero-order valence-corrected chi connectivity index (χ0v) is 16.6. The summed E-state index contributed by atoms with van der Waals surface area (Å²) in [5, 5.41) is 16.5. The molecule has 1 amide bonds. The van der Waals surface area contributed by atoms with E-state index in [4.69, 9.17) is 5.14 Å². The van der Waals surface area contributed by atoms with E-state index in [1.54, 1.807) is 23.5 Å². The van der Waals surface area contributed by atoms with Crippen molar-refractivity contribution in [2.45, 2.75) is 30.8 Å². The van der Waals surface area contributed by atoms with Crippen molar-refractivity contribution in [3.05, 3.63) is 41.2 Å². The van der Waals surface area contributed by atoms with Gasteiger partial charge in [0.05, 0.1) is 10.6 Å². The van der Waals surface area contributed by atoms with E-state index in [9.17, 15) is 13.2 Å². The second kappa shape index (κ2) is 7.25. The first kappa shape index (κ1) is 19.3. The van der Waals surface area contributed by atoms with Crippen LogP contribution in [0.25, 0.3) is 5.78 Å². The fourth-order valence-electron chi connectivity index (χ4n) is 2.61. The number of primary sulfonamides is 1. The molecule has 142 valence electrons. The third-order valence-corrected chi connectivity index (χ3v) is 5.76. The Kier molecular flexibility index (Phi) is 5.18. The monoisotopic (exact) mass is 406 g/mol. The van der Waals surface area contributed by atoms with Gasteiger partial charge in [-0.2, -0.15) is 0 Å². The molecule has 11 heteroatoms. The Balaban J connectivity index is 1.73. The number of rotatable bonds is 5. The standard InChI is InChI=1S/C16H18N6O3S2/c1-9-4-5-12(7-13(9)27(17,24)25)19-14(23)8-26-16-21-20-15-18-10(2)6-11(3)22(15)16/h4-7H,8H2,1-3H3,(H,19,23)(H2,17,24,25). The molecule has 0 bridgehead atoms. The van der Waals surface area contributed by atoms with Crippen molar-refractivity contribution in [3.63, 3.8) is 0 Å². The van der Waals surface area contributed by atoms with Crippen LogP contribution in [0.15, 0.2) is 34.3 Å². The summed E-state index contributed by atoms with van der Waals surface area (Å²) in [5.41, 5.74) is 2.63. The Bertz CT molecular complexity index is 1140. The van der Waals surface area contributed by atoms with Gasteiger partial charge in [0.25, 0.3) is 5.78 Å². The summed E-state index contributed by atoms with van der Waals surface area (Å²) in [4.78, 5) is 16.5. The number of nitrogens with one attached hydrogen (secondary N) is 1. The van der Waals surface area contributed by atoms with Crippen LogP contribution in [-0.4, -0.2) is 39.7 Å². The Morgan fingerprint density at radius 2 is 1.96 bits per heavy atom. The van der Waals surface area contributed by atoms with E-state index in [1.807, 2.05) is 19.9 Å². The molecule has 3 rings (SSSR count). The van der Waals surface area contributed by atoms with Crippen molar-refractivity contribution in [3.8, 4) is 0 Å². The zero-order valence-electron chi connectivity index (χ0n) is 14.9. The number of hydrogen-bond donors (Lipinski definition) is 2. The second-order valence-electron chi connectivity index (χ2n) is 6.02. The van der Waals surface area contributed by atoms with E-state index in [1.165, 1.54) is 17.8 Å². The predicted molar refractivity (Wildman–Crippen MR) is 102 cm³/mol. The number of fused-ring (bicyclic) bond motifs is 1. The highest BCUT2D eigenvalue weighted by Gasteiger charge is 2.15. The summed E-state index contributed by atoms with van der Waals surface area (Å²) in [6.07, 6.45) is 0. The third kappa shape index (κ3) is 4.26. The lowest BCUT2D eigenvalue weighted by atomic mass is 10.2. The Labute approximate surface area is 160 Å². The Morgan fingerprint density at radius 3 is 2.67 bits per heavy atom. The lowest BCUT2D eigenvalue weighted by Crippen LogP contribution is -2.17. The first-order valence-electron chi connectivity index (χ1n) is 7.90. The van der Waals surface area contributed by atoms with Crippen molar-refractivity contribution in [2.75, 3.05) is 11.1 Å². The minimum absolute atomic E-state index is 0.0199. The molecular weight excluding hydrogens is 388 g/mol. The number of sulfonamides is 1. The normalized spacial score (nSPS) is 11.7. The molecule has 2 aromatic heterocycles. The number of aromatic nitrogens is 4. The first-order valence-corrected chi connectivity index (χ1v) is 10.4. The van der Waals surface area contributed by atoms with Crippen LogP contribution in [0.4, 0.5) is 5.69 Å². The van der Waals surface area contributed by atoms with Gasteiger partial charge in [-0.3, -0.25) is 9.20 Å². The molecule has 27 heavy (non-hydrogen) atoms. The van der Waals surface area contributed by atoms with Crippen LogP contribution in [0.3, 0.4) is 0 Å². The molecule has 0 aliphatic heterocycles. The van der Waals surface area contributed by atoms with Gasteiger partial charge in [0.15, 0.2) is 5.16 Å². The summed E-state index contributed by atoms with van der Waals surface area (Å²) >= 11 is 1.21. The van der Waals surface area contributed by atoms with Crippen molar-refractivity contribution in [1.82, 2.24) is 19.6 Å². The third-order valence-electron chi connectivity index (χ3n) is 3.77. The van der Waals surface area contributed by atoms with E-state index in [0.29, 0.717) is 22.2 Å². The largest absolute Gasteiger partial charge is 0.325 e. The first-order chi connectivity index (χ1) is 12.6. The van der Waals surface area contributed by atoms with Gasteiger partial charge in [-0.15, -0.1) is 10.2 Å². The molecule has 0 atom stereocenters. The fraction of sp³-hybridized carbons (Fsp3) is 0.250. The lowest BCUT2D eigenvalue weighted by molar-refractivity contribution is -0.113. The van der Waals surface area contributed by atoms with E-state index in [2.05, 4.69) is 20.5 Å². The van der Waals surface area contributed by atoms with Gasteiger partial charge in [-0.05, 0) is 44.5 Å². The number of thioether (sulfide) groups is 1. The minimum Gasteiger partial charge on any atom is -0.325 e. The number of benzene rings is 1. The molecule has 0 fully saturated rings. The molecule has 0 saturated carbocycles. The van der Waals surface area contributed by atoms with E-state index >= 15 is 0 Å². The maximum absolute atomic E-state index is 12.2. The molecule has 3 aromatic rings. The summed E-state index contributed by atoms with van der Waals surface area (Å²) in [6, 6.07) is 6.46. The van der Waals surface area contributed by atoms with Crippen molar-refractivity contribution >= 4 is 39.2 Å². The Morgan fingerprint density at radius 1 is 1.22 bits per heavy atom. The number of nitrogens with two attached hydrogens (primary N) is 1. The molecule has 2 heterocycles. The van der Waals surface area contributed by atoms with Crippen molar-refractivity contribution in [1.29, 1.82) is 0 Å². The topological polar surface area (TPSA) is 132 Å². The van der Waals surface area contributed by atoms with Gasteiger partial charge in [0.2, 0.25) is 15.9 Å². The molecule has 0 saturated heterocycles. The number of carbonyl (C=O) groups excluding carboxylic acids is 1. The highest BCUT2D eigenvalue weighted by Crippen LogP contribution is 2.21. The fourth-order valence-corrected chi connectivity index (χ4v) is 4.20. The van der Waals surface area contributed by atoms with Gasteiger partial charge in [0.1, 0.15) is 0 Å². The van der Waals surface area contributed by atoms with Gasteiger partial charge < -0.3 is 5.32 Å². The maximum atomic E-state index is 12.2. The Hall–Kier alpha value is -2.50. The number of carbonyl (C=O) groups is 1. The van der Waals surface area contributed by atoms with Crippen LogP contribution in [0.5, 0.6) is 0 Å². The number of hydrogen-bond acceptors (Lipinski definition) is 7. The van der Waals surface area contributed by atoms with Gasteiger partial charge in [-0.1, -0.05) is 17.8 Å². The van der Waals surface area contributed by atoms with Crippen LogP contribution in [0.2, 0.25) is 0 Å². The highest BCUT2D eigenvalue weighted by molar-refractivity contribution is 7.99. The number of amides is 1.